The Morgan fingerprint density at radius 3 is 2.92 bits per heavy atom. The Morgan fingerprint density at radius 1 is 1.69 bits per heavy atom. The summed E-state index contributed by atoms with van der Waals surface area (Å²) >= 11 is 0. The number of aryl methyl sites for hydroxylation is 1. The van der Waals surface area contributed by atoms with Crippen LogP contribution in [-0.2, 0) is 4.74 Å². The van der Waals surface area contributed by atoms with Gasteiger partial charge in [0.25, 0.3) is 5.56 Å². The summed E-state index contributed by atoms with van der Waals surface area (Å²) in [6, 6.07) is 1.60. The van der Waals surface area contributed by atoms with Crippen molar-refractivity contribution < 1.29 is 4.74 Å². The van der Waals surface area contributed by atoms with Crippen LogP contribution in [-0.4, -0.2) is 18.7 Å². The molecule has 0 aliphatic rings. The highest BCUT2D eigenvalue weighted by Crippen LogP contribution is 2.08. The lowest BCUT2D eigenvalue weighted by Gasteiger charge is -2.10. The molecule has 0 aromatic carbocycles. The third-order valence-corrected chi connectivity index (χ3v) is 1.89. The minimum Gasteiger partial charge on any atom is -0.383 e. The van der Waals surface area contributed by atoms with Crippen molar-refractivity contribution in [2.75, 3.05) is 13.7 Å². The van der Waals surface area contributed by atoms with E-state index in [9.17, 15) is 4.79 Å². The van der Waals surface area contributed by atoms with Gasteiger partial charge in [0.15, 0.2) is 0 Å². The minimum atomic E-state index is -0.180. The fourth-order valence-electron chi connectivity index (χ4n) is 1.11. The van der Waals surface area contributed by atoms with E-state index < -0.39 is 0 Å². The van der Waals surface area contributed by atoms with Crippen molar-refractivity contribution in [1.82, 2.24) is 4.98 Å². The Labute approximate surface area is 76.7 Å². The van der Waals surface area contributed by atoms with Gasteiger partial charge in [0.1, 0.15) is 0 Å². The Morgan fingerprint density at radius 2 is 2.38 bits per heavy atom. The van der Waals surface area contributed by atoms with E-state index >= 15 is 0 Å². The monoisotopic (exact) mass is 182 g/mol. The topological polar surface area (TPSA) is 68.1 Å². The average Bonchev–Trinajstić information content (AvgIpc) is 2.10. The summed E-state index contributed by atoms with van der Waals surface area (Å²) in [7, 11) is 1.60. The Balaban J connectivity index is 2.90. The molecule has 0 spiro atoms. The maximum Gasteiger partial charge on any atom is 0.250 e. The molecule has 0 radical (unpaired) electrons. The van der Waals surface area contributed by atoms with Gasteiger partial charge in [-0.25, -0.2) is 0 Å². The van der Waals surface area contributed by atoms with Crippen LogP contribution in [0.3, 0.4) is 0 Å². The minimum absolute atomic E-state index is 0.0756. The van der Waals surface area contributed by atoms with Crippen molar-refractivity contribution in [3.8, 4) is 0 Å². The van der Waals surface area contributed by atoms with Gasteiger partial charge in [0.05, 0.1) is 12.6 Å². The molecule has 4 heteroatoms. The third kappa shape index (κ3) is 2.40. The van der Waals surface area contributed by atoms with Crippen LogP contribution in [0.4, 0.5) is 0 Å². The largest absolute Gasteiger partial charge is 0.383 e. The standard InChI is InChI=1S/C9H14N2O2/c1-6-3-7(4-11-9(6)12)8(10)5-13-2/h3-4,8H,5,10H2,1-2H3,(H,11,12). The number of pyridine rings is 1. The zero-order chi connectivity index (χ0) is 9.84. The summed E-state index contributed by atoms with van der Waals surface area (Å²) in [4.78, 5) is 13.6. The molecule has 3 N–H and O–H groups in total. The molecule has 0 aliphatic carbocycles. The Kier molecular flexibility index (Phi) is 3.22. The summed E-state index contributed by atoms with van der Waals surface area (Å²) in [5, 5.41) is 0. The van der Waals surface area contributed by atoms with E-state index in [0.717, 1.165) is 5.56 Å². The number of H-pyrrole nitrogens is 1. The van der Waals surface area contributed by atoms with E-state index in [-0.39, 0.29) is 11.6 Å². The molecule has 0 bridgehead atoms. The predicted molar refractivity (Wildman–Crippen MR) is 50.6 cm³/mol. The van der Waals surface area contributed by atoms with Crippen LogP contribution in [0.25, 0.3) is 0 Å². The molecule has 0 fully saturated rings. The fraction of sp³-hybridized carbons (Fsp3) is 0.444. The molecule has 13 heavy (non-hydrogen) atoms. The second-order valence-corrected chi connectivity index (χ2v) is 3.01. The zero-order valence-corrected chi connectivity index (χ0v) is 7.83. The summed E-state index contributed by atoms with van der Waals surface area (Å²) < 4.78 is 4.91. The van der Waals surface area contributed by atoms with E-state index in [0.29, 0.717) is 12.2 Å². The highest BCUT2D eigenvalue weighted by Gasteiger charge is 2.06. The number of hydrogen-bond acceptors (Lipinski definition) is 3. The van der Waals surface area contributed by atoms with E-state index in [2.05, 4.69) is 4.98 Å². The highest BCUT2D eigenvalue weighted by molar-refractivity contribution is 5.19. The number of nitrogens with two attached hydrogens (primary N) is 1. The van der Waals surface area contributed by atoms with Crippen molar-refractivity contribution >= 4 is 0 Å². The number of hydrogen-bond donors (Lipinski definition) is 2. The maximum atomic E-state index is 11.0. The zero-order valence-electron chi connectivity index (χ0n) is 7.83. The van der Waals surface area contributed by atoms with Crippen LogP contribution in [0, 0.1) is 6.92 Å². The first kappa shape index (κ1) is 9.95. The van der Waals surface area contributed by atoms with Crippen molar-refractivity contribution in [2.24, 2.45) is 5.73 Å². The molecule has 4 nitrogen and oxygen atoms in total. The van der Waals surface area contributed by atoms with Gasteiger partial charge in [-0.1, -0.05) is 0 Å². The third-order valence-electron chi connectivity index (χ3n) is 1.89. The quantitative estimate of drug-likeness (QED) is 0.707. The van der Waals surface area contributed by atoms with Crippen molar-refractivity contribution in [1.29, 1.82) is 0 Å². The molecule has 1 atom stereocenters. The first-order chi connectivity index (χ1) is 6.15. The number of aromatic amines is 1. The second kappa shape index (κ2) is 4.20. The van der Waals surface area contributed by atoms with Crippen molar-refractivity contribution in [3.05, 3.63) is 33.7 Å². The Hall–Kier alpha value is -1.13. The van der Waals surface area contributed by atoms with Gasteiger partial charge < -0.3 is 15.5 Å². The van der Waals surface area contributed by atoms with Crippen molar-refractivity contribution in [2.45, 2.75) is 13.0 Å². The predicted octanol–water partition coefficient (Wildman–Crippen LogP) is 0.330. The molecule has 72 valence electrons. The van der Waals surface area contributed by atoms with E-state index in [4.69, 9.17) is 10.5 Å². The first-order valence-electron chi connectivity index (χ1n) is 4.09. The van der Waals surface area contributed by atoms with Crippen LogP contribution in [0.2, 0.25) is 0 Å². The van der Waals surface area contributed by atoms with E-state index in [1.54, 1.807) is 26.3 Å². The molecule has 1 heterocycles. The maximum absolute atomic E-state index is 11.0. The van der Waals surface area contributed by atoms with Crippen LogP contribution in [0.15, 0.2) is 17.1 Å². The van der Waals surface area contributed by atoms with Gasteiger partial charge in [0, 0.05) is 18.9 Å². The lowest BCUT2D eigenvalue weighted by Crippen LogP contribution is -2.19. The number of ether oxygens (including phenoxy) is 1. The molecule has 0 amide bonds. The summed E-state index contributed by atoms with van der Waals surface area (Å²) in [5.41, 5.74) is 7.26. The van der Waals surface area contributed by atoms with Crippen LogP contribution < -0.4 is 11.3 Å². The molecule has 1 unspecified atom stereocenters. The average molecular weight is 182 g/mol. The number of nitrogens with one attached hydrogen (secondary N) is 1. The molecule has 1 aromatic heterocycles. The van der Waals surface area contributed by atoms with Gasteiger partial charge in [-0.3, -0.25) is 4.79 Å². The van der Waals surface area contributed by atoms with E-state index in [1.165, 1.54) is 0 Å². The smallest absolute Gasteiger partial charge is 0.250 e. The van der Waals surface area contributed by atoms with Gasteiger partial charge in [-0.15, -0.1) is 0 Å². The molecule has 0 aliphatic heterocycles. The van der Waals surface area contributed by atoms with Crippen LogP contribution in [0.1, 0.15) is 17.2 Å². The first-order valence-corrected chi connectivity index (χ1v) is 4.09. The highest BCUT2D eigenvalue weighted by atomic mass is 16.5. The molecule has 0 saturated heterocycles. The van der Waals surface area contributed by atoms with E-state index in [1.807, 2.05) is 0 Å². The summed E-state index contributed by atoms with van der Waals surface area (Å²) in [6.45, 7) is 2.20. The molecular formula is C9H14N2O2. The Bertz CT molecular complexity index is 333. The summed E-state index contributed by atoms with van der Waals surface area (Å²) in [5.74, 6) is 0. The van der Waals surface area contributed by atoms with Crippen LogP contribution in [0.5, 0.6) is 0 Å². The number of rotatable bonds is 3. The van der Waals surface area contributed by atoms with Gasteiger partial charge >= 0.3 is 0 Å². The molecular weight excluding hydrogens is 168 g/mol. The fourth-order valence-corrected chi connectivity index (χ4v) is 1.11. The number of methoxy groups -OCH3 is 1. The number of aromatic nitrogens is 1. The lowest BCUT2D eigenvalue weighted by atomic mass is 10.1. The molecule has 0 saturated carbocycles. The van der Waals surface area contributed by atoms with Gasteiger partial charge in [-0.05, 0) is 18.6 Å². The molecule has 1 rings (SSSR count). The molecule has 1 aromatic rings. The van der Waals surface area contributed by atoms with Gasteiger partial charge in [-0.2, -0.15) is 0 Å². The normalized spacial score (nSPS) is 12.8. The summed E-state index contributed by atoms with van der Waals surface area (Å²) in [6.07, 6.45) is 1.62. The SMILES string of the molecule is COCC(N)c1c[nH]c(=O)c(C)c1. The second-order valence-electron chi connectivity index (χ2n) is 3.01. The lowest BCUT2D eigenvalue weighted by molar-refractivity contribution is 0.181. The van der Waals surface area contributed by atoms with Crippen LogP contribution >= 0.6 is 0 Å². The van der Waals surface area contributed by atoms with Crippen molar-refractivity contribution in [3.63, 3.8) is 0 Å². The van der Waals surface area contributed by atoms with Gasteiger partial charge in [0.2, 0.25) is 0 Å².